The first-order valence-corrected chi connectivity index (χ1v) is 10.2. The number of nitrogens with one attached hydrogen (secondary N) is 4. The van der Waals surface area contributed by atoms with Crippen molar-refractivity contribution in [2.45, 2.75) is 12.1 Å². The van der Waals surface area contributed by atoms with Crippen LogP contribution in [0.25, 0.3) is 0 Å². The van der Waals surface area contributed by atoms with Crippen molar-refractivity contribution in [3.63, 3.8) is 0 Å². The molecule has 2 heterocycles. The zero-order chi connectivity index (χ0) is 21.1. The van der Waals surface area contributed by atoms with Gasteiger partial charge in [-0.05, 0) is 24.3 Å². The average molecular weight is 409 g/mol. The first kappa shape index (κ1) is 20.2. The molecular formula is C22H28N6O2. The van der Waals surface area contributed by atoms with Crippen LogP contribution in [-0.4, -0.2) is 64.2 Å². The second kappa shape index (κ2) is 8.73. The first-order valence-electron chi connectivity index (χ1n) is 10.2. The van der Waals surface area contributed by atoms with Crippen LogP contribution in [0, 0.1) is 0 Å². The minimum Gasteiger partial charge on any atom is -0.371 e. The molecule has 2 aliphatic rings. The summed E-state index contributed by atoms with van der Waals surface area (Å²) < 4.78 is 0. The molecule has 158 valence electrons. The summed E-state index contributed by atoms with van der Waals surface area (Å²) in [6, 6.07) is 14.9. The van der Waals surface area contributed by atoms with Crippen LogP contribution in [-0.2, 0) is 9.59 Å². The van der Waals surface area contributed by atoms with Crippen molar-refractivity contribution in [1.29, 1.82) is 0 Å². The highest BCUT2D eigenvalue weighted by Gasteiger charge is 2.27. The fraction of sp³-hybridized carbons (Fsp3) is 0.364. The molecule has 0 bridgehead atoms. The standard InChI is InChI=1S/C22H28N6O2/c1-27-13-17(21(29)25-15-7-3-5-9-19(15)27)23-11-12-24-18-14-28(2)20-10-6-4-8-16(20)26-22(18)30/h3-10,17-18,23-24H,11-14H2,1-2H3,(H,25,29)(H,26,30). The molecule has 2 unspecified atom stereocenters. The quantitative estimate of drug-likeness (QED) is 0.554. The highest BCUT2D eigenvalue weighted by molar-refractivity contribution is 6.00. The summed E-state index contributed by atoms with van der Waals surface area (Å²) in [5.41, 5.74) is 3.66. The zero-order valence-electron chi connectivity index (χ0n) is 17.3. The number of carbonyl (C=O) groups excluding carboxylic acids is 2. The van der Waals surface area contributed by atoms with Gasteiger partial charge in [-0.1, -0.05) is 24.3 Å². The fourth-order valence-corrected chi connectivity index (χ4v) is 3.98. The molecular weight excluding hydrogens is 380 g/mol. The summed E-state index contributed by atoms with van der Waals surface area (Å²) in [6.45, 7) is 2.29. The van der Waals surface area contributed by atoms with Gasteiger partial charge < -0.3 is 31.1 Å². The number of nitrogens with zero attached hydrogens (tertiary/aromatic N) is 2. The van der Waals surface area contributed by atoms with Gasteiger partial charge in [0.15, 0.2) is 0 Å². The molecule has 0 radical (unpaired) electrons. The topological polar surface area (TPSA) is 88.7 Å². The molecule has 4 rings (SSSR count). The monoisotopic (exact) mass is 408 g/mol. The Morgan fingerprint density at radius 2 is 1.17 bits per heavy atom. The summed E-state index contributed by atoms with van der Waals surface area (Å²) in [5.74, 6) is -0.0941. The van der Waals surface area contributed by atoms with Crippen molar-refractivity contribution in [3.05, 3.63) is 48.5 Å². The maximum absolute atomic E-state index is 12.6. The zero-order valence-corrected chi connectivity index (χ0v) is 17.3. The van der Waals surface area contributed by atoms with E-state index in [-0.39, 0.29) is 23.9 Å². The van der Waals surface area contributed by atoms with Crippen molar-refractivity contribution < 1.29 is 9.59 Å². The lowest BCUT2D eigenvalue weighted by Gasteiger charge is -2.24. The van der Waals surface area contributed by atoms with Crippen LogP contribution < -0.4 is 31.1 Å². The highest BCUT2D eigenvalue weighted by Crippen LogP contribution is 2.28. The van der Waals surface area contributed by atoms with E-state index in [4.69, 9.17) is 0 Å². The lowest BCUT2D eigenvalue weighted by molar-refractivity contribution is -0.118. The number of anilines is 4. The van der Waals surface area contributed by atoms with Crippen LogP contribution in [0.15, 0.2) is 48.5 Å². The smallest absolute Gasteiger partial charge is 0.243 e. The average Bonchev–Trinajstić information content (AvgIpc) is 2.94. The van der Waals surface area contributed by atoms with E-state index in [1.807, 2.05) is 62.6 Å². The van der Waals surface area contributed by atoms with Crippen LogP contribution in [0.2, 0.25) is 0 Å². The van der Waals surface area contributed by atoms with Gasteiger partial charge in [0.1, 0.15) is 12.1 Å². The predicted octanol–water partition coefficient (Wildman–Crippen LogP) is 1.08. The number of rotatable bonds is 5. The maximum atomic E-state index is 12.6. The molecule has 30 heavy (non-hydrogen) atoms. The Bertz CT molecular complexity index is 858. The molecule has 0 aromatic heterocycles. The number of hydrogen-bond acceptors (Lipinski definition) is 6. The van der Waals surface area contributed by atoms with Crippen LogP contribution in [0.1, 0.15) is 0 Å². The van der Waals surface area contributed by atoms with Gasteiger partial charge in [0, 0.05) is 40.3 Å². The van der Waals surface area contributed by atoms with Crippen molar-refractivity contribution in [3.8, 4) is 0 Å². The van der Waals surface area contributed by atoms with Crippen molar-refractivity contribution in [2.75, 3.05) is 60.7 Å². The molecule has 0 fully saturated rings. The fourth-order valence-electron chi connectivity index (χ4n) is 3.98. The summed E-state index contributed by atoms with van der Waals surface area (Å²) in [7, 11) is 3.96. The minimum atomic E-state index is -0.334. The van der Waals surface area contributed by atoms with Crippen LogP contribution in [0.4, 0.5) is 22.7 Å². The van der Waals surface area contributed by atoms with Crippen LogP contribution in [0.5, 0.6) is 0 Å². The van der Waals surface area contributed by atoms with Gasteiger partial charge in [0.25, 0.3) is 0 Å². The van der Waals surface area contributed by atoms with E-state index in [9.17, 15) is 9.59 Å². The van der Waals surface area contributed by atoms with Gasteiger partial charge >= 0.3 is 0 Å². The van der Waals surface area contributed by atoms with E-state index in [1.165, 1.54) is 0 Å². The summed E-state index contributed by atoms with van der Waals surface area (Å²) in [4.78, 5) is 29.3. The third-order valence-electron chi connectivity index (χ3n) is 5.60. The molecule has 4 N–H and O–H groups in total. The first-order chi connectivity index (χ1) is 14.5. The Balaban J connectivity index is 1.30. The Morgan fingerprint density at radius 3 is 1.60 bits per heavy atom. The largest absolute Gasteiger partial charge is 0.371 e. The van der Waals surface area contributed by atoms with Crippen LogP contribution in [0.3, 0.4) is 0 Å². The molecule has 2 aromatic carbocycles. The summed E-state index contributed by atoms with van der Waals surface area (Å²) in [5, 5.41) is 12.6. The molecule has 0 spiro atoms. The Labute approximate surface area is 176 Å². The lowest BCUT2D eigenvalue weighted by atomic mass is 10.2. The van der Waals surface area contributed by atoms with Crippen molar-refractivity contribution in [1.82, 2.24) is 10.6 Å². The Hall–Kier alpha value is -3.10. The minimum absolute atomic E-state index is 0.0470. The van der Waals surface area contributed by atoms with E-state index in [0.29, 0.717) is 26.2 Å². The van der Waals surface area contributed by atoms with E-state index >= 15 is 0 Å². The van der Waals surface area contributed by atoms with Gasteiger partial charge in [-0.25, -0.2) is 0 Å². The number of likely N-dealkylation sites (N-methyl/N-ethyl adjacent to an activating group) is 2. The molecule has 8 nitrogen and oxygen atoms in total. The Kier molecular flexibility index (Phi) is 5.87. The van der Waals surface area contributed by atoms with E-state index in [1.54, 1.807) is 0 Å². The molecule has 2 atom stereocenters. The molecule has 0 saturated carbocycles. The van der Waals surface area contributed by atoms with Crippen molar-refractivity contribution in [2.24, 2.45) is 0 Å². The number of carbonyl (C=O) groups is 2. The predicted molar refractivity (Wildman–Crippen MR) is 120 cm³/mol. The molecule has 0 aliphatic carbocycles. The number of amides is 2. The number of fused-ring (bicyclic) bond motifs is 2. The molecule has 2 aromatic rings. The van der Waals surface area contributed by atoms with E-state index in [2.05, 4.69) is 31.1 Å². The lowest BCUT2D eigenvalue weighted by Crippen LogP contribution is -2.51. The summed E-state index contributed by atoms with van der Waals surface area (Å²) >= 11 is 0. The second-order valence-electron chi connectivity index (χ2n) is 7.79. The van der Waals surface area contributed by atoms with Gasteiger partial charge in [-0.15, -0.1) is 0 Å². The Morgan fingerprint density at radius 1 is 0.767 bits per heavy atom. The molecule has 2 aliphatic heterocycles. The summed E-state index contributed by atoms with van der Waals surface area (Å²) in [6.07, 6.45) is 0. The third-order valence-corrected chi connectivity index (χ3v) is 5.60. The SMILES string of the molecule is CN1CC(NCCNC2CN(C)c3ccccc3NC2=O)C(=O)Nc2ccccc21. The normalized spacial score (nSPS) is 21.1. The number of para-hydroxylation sites is 4. The number of hydrogen-bond donors (Lipinski definition) is 4. The van der Waals surface area contributed by atoms with E-state index < -0.39 is 0 Å². The molecule has 2 amide bonds. The molecule has 8 heteroatoms. The van der Waals surface area contributed by atoms with Crippen molar-refractivity contribution >= 4 is 34.6 Å². The maximum Gasteiger partial charge on any atom is 0.243 e. The van der Waals surface area contributed by atoms with Gasteiger partial charge in [0.05, 0.1) is 22.7 Å². The third kappa shape index (κ3) is 4.24. The van der Waals surface area contributed by atoms with E-state index in [0.717, 1.165) is 22.7 Å². The van der Waals surface area contributed by atoms with Gasteiger partial charge in [-0.2, -0.15) is 0 Å². The highest BCUT2D eigenvalue weighted by atomic mass is 16.2. The second-order valence-corrected chi connectivity index (χ2v) is 7.79. The van der Waals surface area contributed by atoms with Crippen LogP contribution >= 0.6 is 0 Å². The van der Waals surface area contributed by atoms with Gasteiger partial charge in [-0.3, -0.25) is 9.59 Å². The van der Waals surface area contributed by atoms with Gasteiger partial charge in [0.2, 0.25) is 11.8 Å². The number of benzene rings is 2. The molecule has 0 saturated heterocycles.